The number of carbonyl (C=O) groups is 2. The number of nitrogens with zero attached hydrogens (tertiary/aromatic N) is 2. The fourth-order valence-electron chi connectivity index (χ4n) is 7.72. The van der Waals surface area contributed by atoms with Gasteiger partial charge in [0, 0.05) is 113 Å². The van der Waals surface area contributed by atoms with Crippen molar-refractivity contribution < 1.29 is 41.3 Å². The van der Waals surface area contributed by atoms with E-state index in [2.05, 4.69) is 67.4 Å². The SMILES string of the molecule is CO[Si](CCCNC(=O)Nc1ccc(-c2nc(-c3cc(C(C)(C)C)c(O)c(C(C)(C)C)c3)n(-c3ccccc3)c2-c2ccc(NC(=O)NCCC[Si](OC)(OC)OC)cc2)cc1)(OC)OC. The number of aromatic hydroxyl groups is 1. The molecule has 15 nitrogen and oxygen atoms in total. The van der Waals surface area contributed by atoms with E-state index in [0.29, 0.717) is 60.9 Å². The minimum absolute atomic E-state index is 0.279. The molecule has 0 aliphatic rings. The van der Waals surface area contributed by atoms with Crippen LogP contribution in [-0.2, 0) is 37.4 Å². The van der Waals surface area contributed by atoms with Gasteiger partial charge in [0.2, 0.25) is 0 Å². The molecule has 0 radical (unpaired) electrons. The van der Waals surface area contributed by atoms with Crippen molar-refractivity contribution in [2.45, 2.75) is 77.3 Å². The first kappa shape index (κ1) is 51.6. The van der Waals surface area contributed by atoms with Crippen LogP contribution in [-0.4, -0.2) is 100 Å². The number of hydrogen-bond donors (Lipinski definition) is 5. The Bertz CT molecular complexity index is 2320. The van der Waals surface area contributed by atoms with Crippen LogP contribution in [0.4, 0.5) is 21.0 Å². The predicted octanol–water partition coefficient (Wildman–Crippen LogP) is 9.95. The zero-order chi connectivity index (χ0) is 48.3. The number of benzene rings is 4. The number of phenolic OH excluding ortho intramolecular Hbond substituents is 1. The number of amides is 4. The first-order valence-corrected chi connectivity index (χ1v) is 25.9. The molecule has 5 N–H and O–H groups in total. The standard InChI is InChI=1S/C49H68N6O9Si2/c1-48(2,3)40-32-36(33-41(44(40)56)49(4,5)6)45-54-42(34-20-24-37(25-21-34)52-46(57)50-28-16-30-65(59-7,60-8)61-9)43(55(45)39-18-14-13-15-19-39)35-22-26-38(27-23-35)53-47(58)51-29-17-31-66(62-10,63-11)64-12/h13-15,18-27,32-33,56H,16-17,28-31H2,1-12H3,(H2,50,52,57)(H2,51,53,58). The third-order valence-corrected chi connectivity index (χ3v) is 17.1. The summed E-state index contributed by atoms with van der Waals surface area (Å²) in [4.78, 5) is 31.4. The van der Waals surface area contributed by atoms with Gasteiger partial charge in [-0.05, 0) is 72.2 Å². The Morgan fingerprint density at radius 2 is 1.00 bits per heavy atom. The highest BCUT2D eigenvalue weighted by Gasteiger charge is 2.38. The molecule has 1 heterocycles. The van der Waals surface area contributed by atoms with Crippen molar-refractivity contribution in [3.63, 3.8) is 0 Å². The Labute approximate surface area is 392 Å². The van der Waals surface area contributed by atoms with Crippen molar-refractivity contribution in [2.24, 2.45) is 0 Å². The van der Waals surface area contributed by atoms with Gasteiger partial charge >= 0.3 is 29.7 Å². The molecule has 5 aromatic rings. The molecule has 0 unspecified atom stereocenters. The number of urea groups is 2. The smallest absolute Gasteiger partial charge is 0.500 e. The molecule has 0 atom stereocenters. The number of phenols is 1. The van der Waals surface area contributed by atoms with Gasteiger partial charge in [-0.3, -0.25) is 4.57 Å². The molecule has 1 aromatic heterocycles. The van der Waals surface area contributed by atoms with Gasteiger partial charge in [-0.25, -0.2) is 14.6 Å². The van der Waals surface area contributed by atoms with Gasteiger partial charge in [0.1, 0.15) is 11.6 Å². The lowest BCUT2D eigenvalue weighted by molar-refractivity contribution is 0.122. The molecule has 0 spiro atoms. The zero-order valence-corrected chi connectivity index (χ0v) is 42.5. The average Bonchev–Trinajstić information content (AvgIpc) is 3.70. The summed E-state index contributed by atoms with van der Waals surface area (Å²) in [5.74, 6) is 0.955. The fourth-order valence-corrected chi connectivity index (χ4v) is 11.2. The summed E-state index contributed by atoms with van der Waals surface area (Å²) >= 11 is 0. The van der Waals surface area contributed by atoms with E-state index in [1.54, 1.807) is 42.7 Å². The molecule has 4 amide bonds. The summed E-state index contributed by atoms with van der Waals surface area (Å²) in [7, 11) is 3.92. The van der Waals surface area contributed by atoms with Crippen LogP contribution in [0.3, 0.4) is 0 Å². The highest BCUT2D eigenvalue weighted by atomic mass is 28.4. The number of carbonyl (C=O) groups excluding carboxylic acids is 2. The van der Waals surface area contributed by atoms with Crippen molar-refractivity contribution in [1.82, 2.24) is 20.2 Å². The van der Waals surface area contributed by atoms with E-state index < -0.39 is 17.6 Å². The number of rotatable bonds is 20. The van der Waals surface area contributed by atoms with E-state index in [0.717, 1.165) is 39.2 Å². The lowest BCUT2D eigenvalue weighted by Crippen LogP contribution is -2.43. The van der Waals surface area contributed by atoms with E-state index in [1.165, 1.54) is 0 Å². The third kappa shape index (κ3) is 12.5. The van der Waals surface area contributed by atoms with Crippen molar-refractivity contribution in [2.75, 3.05) is 66.4 Å². The monoisotopic (exact) mass is 940 g/mol. The van der Waals surface area contributed by atoms with E-state index in [4.69, 9.17) is 31.5 Å². The van der Waals surface area contributed by atoms with E-state index in [-0.39, 0.29) is 28.6 Å². The Morgan fingerprint density at radius 1 is 0.591 bits per heavy atom. The predicted molar refractivity (Wildman–Crippen MR) is 265 cm³/mol. The molecule has 4 aromatic carbocycles. The molecule has 66 heavy (non-hydrogen) atoms. The largest absolute Gasteiger partial charge is 0.507 e. The maximum Gasteiger partial charge on any atom is 0.500 e. The van der Waals surface area contributed by atoms with Crippen molar-refractivity contribution in [1.29, 1.82) is 0 Å². The van der Waals surface area contributed by atoms with E-state index in [9.17, 15) is 14.7 Å². The van der Waals surface area contributed by atoms with Crippen molar-refractivity contribution >= 4 is 41.0 Å². The van der Waals surface area contributed by atoms with Crippen LogP contribution in [0, 0.1) is 0 Å². The number of aromatic nitrogens is 2. The Kier molecular flexibility index (Phi) is 17.5. The van der Waals surface area contributed by atoms with Crippen molar-refractivity contribution in [3.8, 4) is 45.3 Å². The van der Waals surface area contributed by atoms with Crippen LogP contribution in [0.1, 0.15) is 65.5 Å². The third-order valence-electron chi connectivity index (χ3n) is 11.5. The molecular weight excluding hydrogens is 873 g/mol. The second kappa shape index (κ2) is 22.4. The molecule has 0 saturated heterocycles. The van der Waals surface area contributed by atoms with E-state index >= 15 is 0 Å². The first-order chi connectivity index (χ1) is 31.4. The van der Waals surface area contributed by atoms with Gasteiger partial charge in [0.05, 0.1) is 11.4 Å². The van der Waals surface area contributed by atoms with Crippen LogP contribution in [0.15, 0.2) is 91.0 Å². The van der Waals surface area contributed by atoms with Gasteiger partial charge in [0.15, 0.2) is 0 Å². The summed E-state index contributed by atoms with van der Waals surface area (Å²) in [6.45, 7) is 13.4. The lowest BCUT2D eigenvalue weighted by Gasteiger charge is -2.28. The van der Waals surface area contributed by atoms with Crippen molar-refractivity contribution in [3.05, 3.63) is 102 Å². The molecule has 5 rings (SSSR count). The molecule has 0 fully saturated rings. The van der Waals surface area contributed by atoms with Gasteiger partial charge < -0.3 is 52.9 Å². The number of nitrogens with one attached hydrogen (secondary N) is 4. The normalized spacial score (nSPS) is 12.2. The topological polar surface area (TPSA) is 176 Å². The molecule has 0 aliphatic carbocycles. The highest BCUT2D eigenvalue weighted by molar-refractivity contribution is 6.60. The molecule has 17 heteroatoms. The molecular formula is C49H68N6O9Si2. The summed E-state index contributed by atoms with van der Waals surface area (Å²) in [5, 5.41) is 23.4. The van der Waals surface area contributed by atoms with Gasteiger partial charge in [0.25, 0.3) is 0 Å². The summed E-state index contributed by atoms with van der Waals surface area (Å²) in [6.07, 6.45) is 1.23. The van der Waals surface area contributed by atoms with Crippen LogP contribution in [0.25, 0.3) is 39.6 Å². The summed E-state index contributed by atoms with van der Waals surface area (Å²) < 4.78 is 35.1. The number of anilines is 2. The highest BCUT2D eigenvalue weighted by Crippen LogP contribution is 2.45. The summed E-state index contributed by atoms with van der Waals surface area (Å²) in [6, 6.07) is 29.8. The second-order valence-corrected chi connectivity index (χ2v) is 24.1. The molecule has 0 bridgehead atoms. The van der Waals surface area contributed by atoms with Crippen LogP contribution in [0.2, 0.25) is 12.1 Å². The van der Waals surface area contributed by atoms with Crippen LogP contribution in [0.5, 0.6) is 5.75 Å². The Morgan fingerprint density at radius 3 is 1.39 bits per heavy atom. The second-order valence-electron chi connectivity index (χ2n) is 17.9. The minimum atomic E-state index is -2.75. The lowest BCUT2D eigenvalue weighted by atomic mass is 9.78. The van der Waals surface area contributed by atoms with Gasteiger partial charge in [-0.15, -0.1) is 0 Å². The van der Waals surface area contributed by atoms with Gasteiger partial charge in [-0.1, -0.05) is 84.0 Å². The average molecular weight is 941 g/mol. The molecule has 0 saturated carbocycles. The Balaban J connectivity index is 1.55. The van der Waals surface area contributed by atoms with Crippen LogP contribution >= 0.6 is 0 Å². The fraction of sp³-hybridized carbons (Fsp3) is 0.408. The van der Waals surface area contributed by atoms with Gasteiger partial charge in [-0.2, -0.15) is 0 Å². The minimum Gasteiger partial charge on any atom is -0.507 e. The zero-order valence-electron chi connectivity index (χ0n) is 40.5. The number of para-hydroxylation sites is 1. The van der Waals surface area contributed by atoms with Crippen LogP contribution < -0.4 is 21.3 Å². The maximum atomic E-state index is 13.0. The number of imidazole rings is 1. The Hall–Kier alpha value is -5.38. The molecule has 0 aliphatic heterocycles. The number of hydrogen-bond acceptors (Lipinski definition) is 10. The summed E-state index contributed by atoms with van der Waals surface area (Å²) in [5.41, 5.74) is 6.93. The quantitative estimate of drug-likeness (QED) is 0.0373. The molecule has 356 valence electrons. The first-order valence-electron chi connectivity index (χ1n) is 22.0. The van der Waals surface area contributed by atoms with E-state index in [1.807, 2.05) is 91.0 Å². The maximum absolute atomic E-state index is 13.0.